The monoisotopic (exact) mass is 331 g/mol. The summed E-state index contributed by atoms with van der Waals surface area (Å²) in [4.78, 5) is 12.4. The maximum atomic E-state index is 12.4. The van der Waals surface area contributed by atoms with Gasteiger partial charge in [0, 0.05) is 15.6 Å². The van der Waals surface area contributed by atoms with E-state index in [9.17, 15) is 4.79 Å². The molecule has 102 valence electrons. The third kappa shape index (κ3) is 2.43. The minimum atomic E-state index is -0.0860. The van der Waals surface area contributed by atoms with Crippen LogP contribution in [0.1, 0.15) is 27.5 Å². The van der Waals surface area contributed by atoms with Crippen molar-refractivity contribution < 1.29 is 9.53 Å². The molecule has 0 radical (unpaired) electrons. The minimum absolute atomic E-state index is 0.0749. The summed E-state index contributed by atoms with van der Waals surface area (Å²) in [7, 11) is 0. The molecule has 4 heteroatoms. The number of ether oxygens (including phenoxy) is 1. The molecule has 2 aromatic carbocycles. The molecule has 0 bridgehead atoms. The third-order valence-electron chi connectivity index (χ3n) is 3.45. The Labute approximate surface area is 126 Å². The number of carbonyl (C=O) groups excluding carboxylic acids is 1. The molecule has 1 atom stereocenters. The lowest BCUT2D eigenvalue weighted by molar-refractivity contribution is 0.0929. The molecule has 20 heavy (non-hydrogen) atoms. The van der Waals surface area contributed by atoms with Gasteiger partial charge in [-0.05, 0) is 30.7 Å². The number of para-hydroxylation sites is 1. The average Bonchev–Trinajstić information content (AvgIpc) is 2.85. The van der Waals surface area contributed by atoms with E-state index in [4.69, 9.17) is 4.74 Å². The molecule has 1 heterocycles. The molecule has 0 saturated heterocycles. The van der Waals surface area contributed by atoms with E-state index >= 15 is 0 Å². The summed E-state index contributed by atoms with van der Waals surface area (Å²) in [5.41, 5.74) is 2.68. The standard InChI is InChI=1S/C16H14BrNO2/c1-10-6-7-11(17)8-13(10)16(19)18-14-9-20-15-5-3-2-4-12(14)15/h2-8,14H,9H2,1H3,(H,18,19). The SMILES string of the molecule is Cc1ccc(Br)cc1C(=O)NC1COc2ccccc21. The van der Waals surface area contributed by atoms with Crippen molar-refractivity contribution in [2.75, 3.05) is 6.61 Å². The number of carbonyl (C=O) groups is 1. The fourth-order valence-corrected chi connectivity index (χ4v) is 2.72. The lowest BCUT2D eigenvalue weighted by Gasteiger charge is -2.13. The van der Waals surface area contributed by atoms with Crippen LogP contribution in [0.2, 0.25) is 0 Å². The first-order chi connectivity index (χ1) is 9.65. The number of hydrogen-bond donors (Lipinski definition) is 1. The first-order valence-corrected chi connectivity index (χ1v) is 7.23. The molecular weight excluding hydrogens is 318 g/mol. The number of fused-ring (bicyclic) bond motifs is 1. The summed E-state index contributed by atoms with van der Waals surface area (Å²) in [5, 5.41) is 3.03. The Balaban J connectivity index is 1.82. The molecule has 2 aromatic rings. The molecule has 0 aliphatic carbocycles. The van der Waals surface area contributed by atoms with Crippen LogP contribution in [-0.4, -0.2) is 12.5 Å². The Morgan fingerprint density at radius 2 is 2.10 bits per heavy atom. The zero-order valence-electron chi connectivity index (χ0n) is 11.0. The molecule has 3 rings (SSSR count). The summed E-state index contributed by atoms with van der Waals surface area (Å²) < 4.78 is 6.48. The van der Waals surface area contributed by atoms with Gasteiger partial charge in [-0.15, -0.1) is 0 Å². The van der Waals surface area contributed by atoms with Crippen LogP contribution in [0.5, 0.6) is 5.75 Å². The molecular formula is C16H14BrNO2. The lowest BCUT2D eigenvalue weighted by Crippen LogP contribution is -2.29. The first kappa shape index (κ1) is 13.2. The van der Waals surface area contributed by atoms with Crippen molar-refractivity contribution in [2.45, 2.75) is 13.0 Å². The summed E-state index contributed by atoms with van der Waals surface area (Å²) in [6, 6.07) is 13.4. The molecule has 0 spiro atoms. The van der Waals surface area contributed by atoms with Gasteiger partial charge in [0.2, 0.25) is 0 Å². The molecule has 0 saturated carbocycles. The number of amides is 1. The van der Waals surface area contributed by atoms with Gasteiger partial charge in [-0.1, -0.05) is 40.2 Å². The van der Waals surface area contributed by atoms with Gasteiger partial charge in [0.05, 0.1) is 6.04 Å². The van der Waals surface area contributed by atoms with E-state index in [-0.39, 0.29) is 11.9 Å². The predicted molar refractivity (Wildman–Crippen MR) is 81.0 cm³/mol. The van der Waals surface area contributed by atoms with Gasteiger partial charge in [-0.2, -0.15) is 0 Å². The third-order valence-corrected chi connectivity index (χ3v) is 3.94. The van der Waals surface area contributed by atoms with Crippen LogP contribution >= 0.6 is 15.9 Å². The fourth-order valence-electron chi connectivity index (χ4n) is 2.36. The van der Waals surface area contributed by atoms with Gasteiger partial charge in [0.15, 0.2) is 0 Å². The van der Waals surface area contributed by atoms with Crippen LogP contribution in [-0.2, 0) is 0 Å². The van der Waals surface area contributed by atoms with Crippen molar-refractivity contribution in [2.24, 2.45) is 0 Å². The van der Waals surface area contributed by atoms with Crippen LogP contribution in [0, 0.1) is 6.92 Å². The highest BCUT2D eigenvalue weighted by Crippen LogP contribution is 2.32. The summed E-state index contributed by atoms with van der Waals surface area (Å²) in [5.74, 6) is 0.776. The van der Waals surface area contributed by atoms with Crippen molar-refractivity contribution in [1.29, 1.82) is 0 Å². The number of halogens is 1. The van der Waals surface area contributed by atoms with Crippen LogP contribution < -0.4 is 10.1 Å². The first-order valence-electron chi connectivity index (χ1n) is 6.44. The number of rotatable bonds is 2. The van der Waals surface area contributed by atoms with Crippen LogP contribution in [0.25, 0.3) is 0 Å². The lowest BCUT2D eigenvalue weighted by atomic mass is 10.1. The number of nitrogens with one attached hydrogen (secondary N) is 1. The fraction of sp³-hybridized carbons (Fsp3) is 0.188. The Morgan fingerprint density at radius 3 is 2.95 bits per heavy atom. The predicted octanol–water partition coefficient (Wildman–Crippen LogP) is 3.62. The molecule has 1 amide bonds. The van der Waals surface area contributed by atoms with Gasteiger partial charge in [-0.25, -0.2) is 0 Å². The van der Waals surface area contributed by atoms with E-state index < -0.39 is 0 Å². The van der Waals surface area contributed by atoms with Gasteiger partial charge >= 0.3 is 0 Å². The van der Waals surface area contributed by atoms with Gasteiger partial charge < -0.3 is 10.1 Å². The number of benzene rings is 2. The van der Waals surface area contributed by atoms with Gasteiger partial charge in [0.1, 0.15) is 12.4 Å². The quantitative estimate of drug-likeness (QED) is 0.912. The van der Waals surface area contributed by atoms with Crippen molar-refractivity contribution in [1.82, 2.24) is 5.32 Å². The van der Waals surface area contributed by atoms with Crippen molar-refractivity contribution in [3.63, 3.8) is 0 Å². The summed E-state index contributed by atoms with van der Waals surface area (Å²) >= 11 is 3.40. The van der Waals surface area contributed by atoms with E-state index in [0.717, 1.165) is 21.3 Å². The van der Waals surface area contributed by atoms with Crippen molar-refractivity contribution in [3.8, 4) is 5.75 Å². The zero-order chi connectivity index (χ0) is 14.1. The minimum Gasteiger partial charge on any atom is -0.491 e. The van der Waals surface area contributed by atoms with Crippen molar-refractivity contribution in [3.05, 3.63) is 63.6 Å². The van der Waals surface area contributed by atoms with Gasteiger partial charge in [0.25, 0.3) is 5.91 Å². The highest BCUT2D eigenvalue weighted by atomic mass is 79.9. The maximum Gasteiger partial charge on any atom is 0.252 e. The number of aryl methyl sites for hydroxylation is 1. The second-order valence-corrected chi connectivity index (χ2v) is 5.75. The molecule has 0 aromatic heterocycles. The van der Waals surface area contributed by atoms with E-state index in [1.54, 1.807) is 0 Å². The summed E-state index contributed by atoms with van der Waals surface area (Å²) in [6.45, 7) is 2.42. The van der Waals surface area contributed by atoms with E-state index in [1.165, 1.54) is 0 Å². The second-order valence-electron chi connectivity index (χ2n) is 4.83. The molecule has 1 aliphatic rings. The van der Waals surface area contributed by atoms with Crippen LogP contribution in [0.3, 0.4) is 0 Å². The highest BCUT2D eigenvalue weighted by Gasteiger charge is 2.25. The topological polar surface area (TPSA) is 38.3 Å². The number of hydrogen-bond acceptors (Lipinski definition) is 2. The zero-order valence-corrected chi connectivity index (χ0v) is 12.6. The smallest absolute Gasteiger partial charge is 0.252 e. The normalized spacial score (nSPS) is 16.4. The maximum absolute atomic E-state index is 12.4. The largest absolute Gasteiger partial charge is 0.491 e. The molecule has 0 fully saturated rings. The molecule has 3 nitrogen and oxygen atoms in total. The average molecular weight is 332 g/mol. The summed E-state index contributed by atoms with van der Waals surface area (Å²) in [6.07, 6.45) is 0. The van der Waals surface area contributed by atoms with Crippen LogP contribution in [0.15, 0.2) is 46.9 Å². The molecule has 1 N–H and O–H groups in total. The van der Waals surface area contributed by atoms with E-state index in [0.29, 0.717) is 12.2 Å². The molecule has 1 aliphatic heterocycles. The highest BCUT2D eigenvalue weighted by molar-refractivity contribution is 9.10. The van der Waals surface area contributed by atoms with E-state index in [1.807, 2.05) is 49.4 Å². The Bertz CT molecular complexity index is 669. The Kier molecular flexibility index (Phi) is 3.49. The van der Waals surface area contributed by atoms with Crippen molar-refractivity contribution >= 4 is 21.8 Å². The van der Waals surface area contributed by atoms with E-state index in [2.05, 4.69) is 21.2 Å². The Morgan fingerprint density at radius 1 is 1.30 bits per heavy atom. The van der Waals surface area contributed by atoms with Crippen LogP contribution in [0.4, 0.5) is 0 Å². The Hall–Kier alpha value is -1.81. The second kappa shape index (κ2) is 5.29. The van der Waals surface area contributed by atoms with Gasteiger partial charge in [-0.3, -0.25) is 4.79 Å². The molecule has 1 unspecified atom stereocenters.